The van der Waals surface area contributed by atoms with Gasteiger partial charge in [0.05, 0.1) is 35.0 Å². The van der Waals surface area contributed by atoms with Crippen LogP contribution in [0.5, 0.6) is 0 Å². The van der Waals surface area contributed by atoms with Crippen LogP contribution in [0.1, 0.15) is 35.2 Å². The van der Waals surface area contributed by atoms with Crippen molar-refractivity contribution in [3.63, 3.8) is 0 Å². The third-order valence-corrected chi connectivity index (χ3v) is 10.1. The fourth-order valence-corrected chi connectivity index (χ4v) is 7.94. The molecule has 0 aliphatic carbocycles. The minimum atomic E-state index is -0.127. The summed E-state index contributed by atoms with van der Waals surface area (Å²) in [4.78, 5) is 0. The van der Waals surface area contributed by atoms with Gasteiger partial charge in [-0.1, -0.05) is 146 Å². The molecule has 2 atom stereocenters. The zero-order valence-corrected chi connectivity index (χ0v) is 25.7. The molecule has 9 aromatic rings. The van der Waals surface area contributed by atoms with Gasteiger partial charge in [0.1, 0.15) is 0 Å². The Bertz CT molecular complexity index is 2520. The standard InChI is InChI=1S/C43H32N4/c1-3-13-28(14-4-1)41-44-42(29-15-5-2-6-16-29)46-43(45-41)39-31-17-8-7-12-27(31)22-24-32(39)30-23-25-34-36-20-11-19-35-33-18-9-10-21-37(33)47(40(35)36)38(34)26-30/h1-26,41-46H. The van der Waals surface area contributed by atoms with Crippen molar-refractivity contribution in [1.29, 1.82) is 0 Å². The average molecular weight is 605 g/mol. The molecule has 1 fully saturated rings. The maximum atomic E-state index is 3.96. The Labute approximate surface area is 272 Å². The minimum Gasteiger partial charge on any atom is -0.308 e. The number of para-hydroxylation sites is 2. The zero-order valence-electron chi connectivity index (χ0n) is 25.7. The highest BCUT2D eigenvalue weighted by molar-refractivity contribution is 6.23. The van der Waals surface area contributed by atoms with Gasteiger partial charge in [-0.3, -0.25) is 16.0 Å². The molecule has 2 aromatic heterocycles. The fourth-order valence-electron chi connectivity index (χ4n) is 7.94. The van der Waals surface area contributed by atoms with Crippen LogP contribution in [0.15, 0.2) is 158 Å². The Morgan fingerprint density at radius 3 is 1.70 bits per heavy atom. The summed E-state index contributed by atoms with van der Waals surface area (Å²) in [5, 5.41) is 19.4. The van der Waals surface area contributed by atoms with Gasteiger partial charge < -0.3 is 4.40 Å². The van der Waals surface area contributed by atoms with Gasteiger partial charge in [0.2, 0.25) is 0 Å². The maximum absolute atomic E-state index is 3.96. The van der Waals surface area contributed by atoms with Crippen molar-refractivity contribution < 1.29 is 0 Å². The van der Waals surface area contributed by atoms with Gasteiger partial charge in [-0.15, -0.1) is 0 Å². The van der Waals surface area contributed by atoms with Gasteiger partial charge in [-0.05, 0) is 50.7 Å². The molecule has 47 heavy (non-hydrogen) atoms. The second kappa shape index (κ2) is 10.5. The van der Waals surface area contributed by atoms with E-state index in [0.717, 1.165) is 0 Å². The highest BCUT2D eigenvalue weighted by Crippen LogP contribution is 2.42. The monoisotopic (exact) mass is 604 g/mol. The average Bonchev–Trinajstić information content (AvgIpc) is 3.67. The summed E-state index contributed by atoms with van der Waals surface area (Å²) in [7, 11) is 0. The second-order valence-electron chi connectivity index (χ2n) is 12.7. The van der Waals surface area contributed by atoms with Crippen LogP contribution in [0.4, 0.5) is 0 Å². The van der Waals surface area contributed by atoms with E-state index in [2.05, 4.69) is 178 Å². The summed E-state index contributed by atoms with van der Waals surface area (Å²) in [5.41, 5.74) is 9.90. The molecule has 0 saturated carbocycles. The number of nitrogens with zero attached hydrogens (tertiary/aromatic N) is 1. The van der Waals surface area contributed by atoms with Crippen LogP contribution in [0, 0.1) is 0 Å². The highest BCUT2D eigenvalue weighted by atomic mass is 15.4. The Balaban J connectivity index is 1.20. The summed E-state index contributed by atoms with van der Waals surface area (Å²) in [5.74, 6) is 0. The topological polar surface area (TPSA) is 40.5 Å². The highest BCUT2D eigenvalue weighted by Gasteiger charge is 2.32. The minimum absolute atomic E-state index is 0.0477. The van der Waals surface area contributed by atoms with E-state index in [0.29, 0.717) is 0 Å². The smallest absolute Gasteiger partial charge is 0.0876 e. The van der Waals surface area contributed by atoms with E-state index in [-0.39, 0.29) is 18.5 Å². The molecular weight excluding hydrogens is 573 g/mol. The van der Waals surface area contributed by atoms with E-state index < -0.39 is 0 Å². The first kappa shape index (κ1) is 26.7. The van der Waals surface area contributed by atoms with Gasteiger partial charge in [0.15, 0.2) is 0 Å². The van der Waals surface area contributed by atoms with Crippen molar-refractivity contribution in [1.82, 2.24) is 20.4 Å². The van der Waals surface area contributed by atoms with Crippen LogP contribution in [0.25, 0.3) is 60.0 Å². The molecule has 2 unspecified atom stereocenters. The number of hydrogen-bond donors (Lipinski definition) is 3. The molecule has 1 aliphatic heterocycles. The van der Waals surface area contributed by atoms with Crippen molar-refractivity contribution in [2.75, 3.05) is 0 Å². The van der Waals surface area contributed by atoms with E-state index in [1.807, 2.05) is 0 Å². The number of hydrogen-bond acceptors (Lipinski definition) is 3. The van der Waals surface area contributed by atoms with Gasteiger partial charge in [-0.25, -0.2) is 0 Å². The molecular formula is C43H32N4. The number of fused-ring (bicyclic) bond motifs is 7. The lowest BCUT2D eigenvalue weighted by molar-refractivity contribution is 0.204. The predicted octanol–water partition coefficient (Wildman–Crippen LogP) is 9.84. The van der Waals surface area contributed by atoms with E-state index in [9.17, 15) is 0 Å². The van der Waals surface area contributed by atoms with E-state index >= 15 is 0 Å². The third kappa shape index (κ3) is 4.13. The molecule has 4 nitrogen and oxygen atoms in total. The molecule has 3 N–H and O–H groups in total. The Hall–Kier alpha value is -5.52. The Morgan fingerprint density at radius 2 is 0.979 bits per heavy atom. The molecule has 0 bridgehead atoms. The van der Waals surface area contributed by atoms with Gasteiger partial charge >= 0.3 is 0 Å². The quantitative estimate of drug-likeness (QED) is 0.187. The van der Waals surface area contributed by atoms with Crippen LogP contribution in [-0.2, 0) is 0 Å². The number of rotatable bonds is 4. The molecule has 3 heterocycles. The molecule has 1 saturated heterocycles. The lowest BCUT2D eigenvalue weighted by Gasteiger charge is -2.40. The van der Waals surface area contributed by atoms with Crippen molar-refractivity contribution in [2.45, 2.75) is 18.5 Å². The second-order valence-corrected chi connectivity index (χ2v) is 12.7. The SMILES string of the molecule is c1ccc(C2NC(c3ccccc3)NC(c3c(-c4ccc5c6cccc7c8ccccc8n(c5c4)c76)ccc4ccccc34)N2)cc1. The van der Waals surface area contributed by atoms with Crippen molar-refractivity contribution >= 4 is 48.9 Å². The normalized spacial score (nSPS) is 18.6. The molecule has 0 amide bonds. The van der Waals surface area contributed by atoms with Crippen LogP contribution in [0.3, 0.4) is 0 Å². The zero-order chi connectivity index (χ0) is 30.9. The summed E-state index contributed by atoms with van der Waals surface area (Å²) in [6.07, 6.45) is -0.223. The first-order valence-electron chi connectivity index (χ1n) is 16.4. The van der Waals surface area contributed by atoms with Gasteiger partial charge in [0, 0.05) is 21.5 Å². The Kier molecular flexibility index (Phi) is 5.96. The summed E-state index contributed by atoms with van der Waals surface area (Å²) >= 11 is 0. The van der Waals surface area contributed by atoms with E-state index in [1.165, 1.54) is 76.7 Å². The van der Waals surface area contributed by atoms with Crippen LogP contribution in [0.2, 0.25) is 0 Å². The van der Waals surface area contributed by atoms with Crippen LogP contribution in [-0.4, -0.2) is 4.40 Å². The lowest BCUT2D eigenvalue weighted by atomic mass is 9.90. The number of aromatic nitrogens is 1. The van der Waals surface area contributed by atoms with Crippen molar-refractivity contribution in [3.05, 3.63) is 174 Å². The molecule has 10 rings (SSSR count). The molecule has 1 aliphatic rings. The summed E-state index contributed by atoms with van der Waals surface area (Å²) < 4.78 is 2.47. The molecule has 7 aromatic carbocycles. The fraction of sp³-hybridized carbons (Fsp3) is 0.0698. The molecule has 0 spiro atoms. The predicted molar refractivity (Wildman–Crippen MR) is 195 cm³/mol. The molecule has 0 radical (unpaired) electrons. The third-order valence-electron chi connectivity index (χ3n) is 10.1. The summed E-state index contributed by atoms with van der Waals surface area (Å²) in [6.45, 7) is 0. The molecule has 4 heteroatoms. The van der Waals surface area contributed by atoms with Gasteiger partial charge in [0.25, 0.3) is 0 Å². The van der Waals surface area contributed by atoms with Crippen LogP contribution < -0.4 is 16.0 Å². The first-order valence-corrected chi connectivity index (χ1v) is 16.4. The van der Waals surface area contributed by atoms with E-state index in [4.69, 9.17) is 0 Å². The maximum Gasteiger partial charge on any atom is 0.0876 e. The lowest BCUT2D eigenvalue weighted by Crippen LogP contribution is -2.54. The largest absolute Gasteiger partial charge is 0.308 e. The first-order chi connectivity index (χ1) is 23.3. The number of nitrogens with one attached hydrogen (secondary N) is 3. The summed E-state index contributed by atoms with van der Waals surface area (Å²) in [6, 6.07) is 57.3. The van der Waals surface area contributed by atoms with Crippen molar-refractivity contribution in [2.24, 2.45) is 0 Å². The van der Waals surface area contributed by atoms with Crippen LogP contribution >= 0.6 is 0 Å². The number of benzene rings is 7. The molecule has 224 valence electrons. The van der Waals surface area contributed by atoms with Gasteiger partial charge in [-0.2, -0.15) is 0 Å². The van der Waals surface area contributed by atoms with Crippen molar-refractivity contribution in [3.8, 4) is 11.1 Å². The van der Waals surface area contributed by atoms with E-state index in [1.54, 1.807) is 0 Å². The Morgan fingerprint density at radius 1 is 0.404 bits per heavy atom.